The molecule has 1 saturated carbocycles. The van der Waals surface area contributed by atoms with Gasteiger partial charge in [-0.3, -0.25) is 4.79 Å². The Bertz CT molecular complexity index is 535. The molecular formula is C17H23F2NO2. The van der Waals surface area contributed by atoms with Crippen LogP contribution in [0.15, 0.2) is 18.2 Å². The number of carbonyl (C=O) groups excluding carboxylic acids is 1. The molecule has 1 aliphatic rings. The molecular weight excluding hydrogens is 288 g/mol. The molecule has 3 nitrogen and oxygen atoms in total. The molecule has 5 heteroatoms. The average Bonchev–Trinajstić information content (AvgIpc) is 2.50. The first-order valence-electron chi connectivity index (χ1n) is 7.80. The molecule has 2 rings (SSSR count). The Balaban J connectivity index is 1.82. The first-order chi connectivity index (χ1) is 10.4. The van der Waals surface area contributed by atoms with Gasteiger partial charge in [0.1, 0.15) is 0 Å². The standard InChI is InChI=1S/C17H23F2NO2/c1-17(10-3-2-7-14(17)21)11-20-15(22)9-8-12-5-4-6-13(18)16(12)19/h4-6,14,21H,2-3,7-11H2,1H3,(H,20,22)/t14-,17+/m0/s1. The maximum absolute atomic E-state index is 13.5. The number of aliphatic hydroxyl groups excluding tert-OH is 1. The molecule has 0 unspecified atom stereocenters. The van der Waals surface area contributed by atoms with Crippen LogP contribution in [0.3, 0.4) is 0 Å². The van der Waals surface area contributed by atoms with Crippen LogP contribution in [-0.4, -0.2) is 23.7 Å². The smallest absolute Gasteiger partial charge is 0.220 e. The van der Waals surface area contributed by atoms with E-state index < -0.39 is 17.7 Å². The number of amides is 1. The van der Waals surface area contributed by atoms with Crippen LogP contribution < -0.4 is 5.32 Å². The first-order valence-corrected chi connectivity index (χ1v) is 7.80. The van der Waals surface area contributed by atoms with Crippen molar-refractivity contribution in [2.45, 2.75) is 51.6 Å². The van der Waals surface area contributed by atoms with Gasteiger partial charge in [-0.1, -0.05) is 31.9 Å². The van der Waals surface area contributed by atoms with E-state index in [0.717, 1.165) is 31.7 Å². The highest BCUT2D eigenvalue weighted by molar-refractivity contribution is 5.76. The summed E-state index contributed by atoms with van der Waals surface area (Å²) < 4.78 is 26.6. The van der Waals surface area contributed by atoms with E-state index >= 15 is 0 Å². The number of nitrogens with one attached hydrogen (secondary N) is 1. The van der Waals surface area contributed by atoms with Gasteiger partial charge in [-0.05, 0) is 30.9 Å². The molecule has 122 valence electrons. The number of benzene rings is 1. The third kappa shape index (κ3) is 4.03. The third-order valence-electron chi connectivity index (χ3n) is 4.62. The summed E-state index contributed by atoms with van der Waals surface area (Å²) in [6.07, 6.45) is 3.58. The van der Waals surface area contributed by atoms with Crippen molar-refractivity contribution in [3.05, 3.63) is 35.4 Å². The number of halogens is 2. The Morgan fingerprint density at radius 2 is 2.18 bits per heavy atom. The average molecular weight is 311 g/mol. The van der Waals surface area contributed by atoms with Crippen molar-refractivity contribution in [1.82, 2.24) is 5.32 Å². The van der Waals surface area contributed by atoms with E-state index in [2.05, 4.69) is 5.32 Å². The first kappa shape index (κ1) is 16.9. The third-order valence-corrected chi connectivity index (χ3v) is 4.62. The van der Waals surface area contributed by atoms with Crippen molar-refractivity contribution in [2.24, 2.45) is 5.41 Å². The van der Waals surface area contributed by atoms with Gasteiger partial charge in [-0.25, -0.2) is 8.78 Å². The normalized spacial score (nSPS) is 25.0. The van der Waals surface area contributed by atoms with E-state index in [1.165, 1.54) is 12.1 Å². The molecule has 0 heterocycles. The van der Waals surface area contributed by atoms with Crippen LogP contribution >= 0.6 is 0 Å². The SMILES string of the molecule is C[C@]1(CNC(=O)CCc2cccc(F)c2F)CCCC[C@@H]1O. The molecule has 1 fully saturated rings. The van der Waals surface area contributed by atoms with Gasteiger partial charge < -0.3 is 10.4 Å². The van der Waals surface area contributed by atoms with E-state index in [1.54, 1.807) is 0 Å². The van der Waals surface area contributed by atoms with E-state index in [4.69, 9.17) is 0 Å². The van der Waals surface area contributed by atoms with Gasteiger partial charge >= 0.3 is 0 Å². The fourth-order valence-corrected chi connectivity index (χ4v) is 2.97. The van der Waals surface area contributed by atoms with Crippen LogP contribution in [0.1, 0.15) is 44.6 Å². The fourth-order valence-electron chi connectivity index (χ4n) is 2.97. The maximum atomic E-state index is 13.5. The number of hydrogen-bond acceptors (Lipinski definition) is 2. The van der Waals surface area contributed by atoms with Gasteiger partial charge in [0.25, 0.3) is 0 Å². The summed E-state index contributed by atoms with van der Waals surface area (Å²) >= 11 is 0. The molecule has 0 radical (unpaired) electrons. The summed E-state index contributed by atoms with van der Waals surface area (Å²) in [6.45, 7) is 2.39. The Kier molecular flexibility index (Phi) is 5.51. The molecule has 0 bridgehead atoms. The molecule has 2 atom stereocenters. The second-order valence-corrected chi connectivity index (χ2v) is 6.41. The number of carbonyl (C=O) groups is 1. The Morgan fingerprint density at radius 1 is 1.41 bits per heavy atom. The van der Waals surface area contributed by atoms with Crippen molar-refractivity contribution < 1.29 is 18.7 Å². The van der Waals surface area contributed by atoms with Gasteiger partial charge in [0, 0.05) is 18.4 Å². The summed E-state index contributed by atoms with van der Waals surface area (Å²) in [5.74, 6) is -1.98. The largest absolute Gasteiger partial charge is 0.392 e. The fraction of sp³-hybridized carbons (Fsp3) is 0.588. The highest BCUT2D eigenvalue weighted by Gasteiger charge is 2.35. The zero-order chi connectivity index (χ0) is 16.2. The molecule has 0 saturated heterocycles. The lowest BCUT2D eigenvalue weighted by Crippen LogP contribution is -2.45. The molecule has 0 spiro atoms. The van der Waals surface area contributed by atoms with Gasteiger partial charge in [0.15, 0.2) is 11.6 Å². The summed E-state index contributed by atoms with van der Waals surface area (Å²) in [7, 11) is 0. The van der Waals surface area contributed by atoms with Crippen LogP contribution in [0.5, 0.6) is 0 Å². The minimum atomic E-state index is -0.893. The van der Waals surface area contributed by atoms with Crippen LogP contribution in [0.2, 0.25) is 0 Å². The Morgan fingerprint density at radius 3 is 2.91 bits per heavy atom. The minimum Gasteiger partial charge on any atom is -0.392 e. The lowest BCUT2D eigenvalue weighted by atomic mass is 9.73. The van der Waals surface area contributed by atoms with Crippen molar-refractivity contribution >= 4 is 5.91 Å². The second-order valence-electron chi connectivity index (χ2n) is 6.41. The lowest BCUT2D eigenvalue weighted by molar-refractivity contribution is -0.122. The summed E-state index contributed by atoms with van der Waals surface area (Å²) in [5, 5.41) is 12.9. The Hall–Kier alpha value is -1.49. The molecule has 1 amide bonds. The molecule has 2 N–H and O–H groups in total. The highest BCUT2D eigenvalue weighted by atomic mass is 19.2. The van der Waals surface area contributed by atoms with Gasteiger partial charge in [0.2, 0.25) is 5.91 Å². The van der Waals surface area contributed by atoms with E-state index in [1.807, 2.05) is 6.92 Å². The van der Waals surface area contributed by atoms with E-state index in [-0.39, 0.29) is 29.7 Å². The number of aliphatic hydroxyl groups is 1. The van der Waals surface area contributed by atoms with E-state index in [0.29, 0.717) is 6.54 Å². The zero-order valence-corrected chi connectivity index (χ0v) is 12.9. The van der Waals surface area contributed by atoms with E-state index in [9.17, 15) is 18.7 Å². The van der Waals surface area contributed by atoms with Crippen molar-refractivity contribution in [3.63, 3.8) is 0 Å². The van der Waals surface area contributed by atoms with Crippen molar-refractivity contribution in [2.75, 3.05) is 6.54 Å². The number of rotatable bonds is 5. The van der Waals surface area contributed by atoms with Crippen LogP contribution in [-0.2, 0) is 11.2 Å². The number of aryl methyl sites for hydroxylation is 1. The van der Waals surface area contributed by atoms with Crippen molar-refractivity contribution in [3.8, 4) is 0 Å². The molecule has 1 aromatic carbocycles. The lowest BCUT2D eigenvalue weighted by Gasteiger charge is -2.38. The minimum absolute atomic E-state index is 0.104. The Labute approximate surface area is 129 Å². The molecule has 22 heavy (non-hydrogen) atoms. The topological polar surface area (TPSA) is 49.3 Å². The van der Waals surface area contributed by atoms with Crippen LogP contribution in [0.4, 0.5) is 8.78 Å². The number of hydrogen-bond donors (Lipinski definition) is 2. The van der Waals surface area contributed by atoms with Crippen molar-refractivity contribution in [1.29, 1.82) is 0 Å². The quantitative estimate of drug-likeness (QED) is 0.878. The monoisotopic (exact) mass is 311 g/mol. The zero-order valence-electron chi connectivity index (χ0n) is 12.9. The predicted octanol–water partition coefficient (Wildman–Crippen LogP) is 2.95. The molecule has 1 aliphatic carbocycles. The summed E-state index contributed by atoms with van der Waals surface area (Å²) in [4.78, 5) is 11.9. The van der Waals surface area contributed by atoms with Crippen LogP contribution in [0.25, 0.3) is 0 Å². The highest BCUT2D eigenvalue weighted by Crippen LogP contribution is 2.35. The summed E-state index contributed by atoms with van der Waals surface area (Å²) in [5.41, 5.74) is -0.0862. The van der Waals surface area contributed by atoms with Gasteiger partial charge in [-0.2, -0.15) is 0 Å². The second kappa shape index (κ2) is 7.18. The summed E-state index contributed by atoms with van der Waals surface area (Å²) in [6, 6.07) is 3.98. The van der Waals surface area contributed by atoms with Crippen LogP contribution in [0, 0.1) is 17.0 Å². The molecule has 1 aromatic rings. The predicted molar refractivity (Wildman–Crippen MR) is 80.3 cm³/mol. The van der Waals surface area contributed by atoms with Gasteiger partial charge in [0.05, 0.1) is 6.10 Å². The molecule has 0 aliphatic heterocycles. The molecule has 0 aromatic heterocycles. The van der Waals surface area contributed by atoms with Gasteiger partial charge in [-0.15, -0.1) is 0 Å². The maximum Gasteiger partial charge on any atom is 0.220 e.